The first-order valence-electron chi connectivity index (χ1n) is 5.00. The minimum absolute atomic E-state index is 0.164. The fourth-order valence-corrected chi connectivity index (χ4v) is 1.57. The molecule has 0 unspecified atom stereocenters. The molecule has 0 radical (unpaired) electrons. The van der Waals surface area contributed by atoms with E-state index in [1.807, 2.05) is 19.1 Å². The zero-order valence-electron chi connectivity index (χ0n) is 8.76. The normalized spacial score (nSPS) is 11.1. The Balaban J connectivity index is 2.37. The van der Waals surface area contributed by atoms with E-state index in [4.69, 9.17) is 0 Å². The summed E-state index contributed by atoms with van der Waals surface area (Å²) in [6, 6.07) is 5.14. The van der Waals surface area contributed by atoms with E-state index < -0.39 is 0 Å². The molecule has 1 aromatic rings. The molecule has 0 atom stereocenters. The van der Waals surface area contributed by atoms with E-state index in [2.05, 4.69) is 27.3 Å². The first-order valence-corrected chi connectivity index (χ1v) is 5.79. The van der Waals surface area contributed by atoms with Crippen LogP contribution in [0, 0.1) is 5.82 Å². The van der Waals surface area contributed by atoms with Crippen molar-refractivity contribution in [1.29, 1.82) is 0 Å². The second kappa shape index (κ2) is 6.75. The summed E-state index contributed by atoms with van der Waals surface area (Å²) in [7, 11) is 0. The lowest BCUT2D eigenvalue weighted by molar-refractivity contribution is 0.589. The highest BCUT2D eigenvalue weighted by atomic mass is 79.9. The van der Waals surface area contributed by atoms with Crippen LogP contribution in [0.25, 0.3) is 0 Å². The Hall–Kier alpha value is -0.670. The lowest BCUT2D eigenvalue weighted by Gasteiger charge is -2.04. The molecule has 3 heteroatoms. The molecule has 0 bridgehead atoms. The second-order valence-corrected chi connectivity index (χ2v) is 4.19. The molecule has 0 aliphatic heterocycles. The lowest BCUT2D eigenvalue weighted by atomic mass is 10.2. The van der Waals surface area contributed by atoms with E-state index >= 15 is 0 Å². The number of benzene rings is 1. The van der Waals surface area contributed by atoms with Crippen molar-refractivity contribution < 1.29 is 4.39 Å². The summed E-state index contributed by atoms with van der Waals surface area (Å²) in [5.74, 6) is -0.164. The SMILES string of the molecule is C/C=C/CCNCc1ccc(Br)cc1F. The van der Waals surface area contributed by atoms with E-state index in [-0.39, 0.29) is 5.82 Å². The van der Waals surface area contributed by atoms with Crippen molar-refractivity contribution >= 4 is 15.9 Å². The Morgan fingerprint density at radius 3 is 2.93 bits per heavy atom. The number of nitrogens with one attached hydrogen (secondary N) is 1. The van der Waals surface area contributed by atoms with Gasteiger partial charge in [-0.1, -0.05) is 34.1 Å². The molecule has 0 aliphatic rings. The first-order chi connectivity index (χ1) is 7.24. The number of halogens is 2. The molecular formula is C12H15BrFN. The quantitative estimate of drug-likeness (QED) is 0.637. The molecule has 1 aromatic carbocycles. The average Bonchev–Trinajstić information content (AvgIpc) is 2.20. The molecule has 0 saturated carbocycles. The van der Waals surface area contributed by atoms with Crippen LogP contribution in [0.4, 0.5) is 4.39 Å². The Kier molecular flexibility index (Phi) is 5.58. The van der Waals surface area contributed by atoms with Crippen molar-refractivity contribution in [3.8, 4) is 0 Å². The van der Waals surface area contributed by atoms with Crippen LogP contribution in [0.1, 0.15) is 18.9 Å². The Labute approximate surface area is 98.5 Å². The van der Waals surface area contributed by atoms with Gasteiger partial charge in [0, 0.05) is 16.6 Å². The highest BCUT2D eigenvalue weighted by Crippen LogP contribution is 2.14. The summed E-state index contributed by atoms with van der Waals surface area (Å²) in [5, 5.41) is 3.19. The third kappa shape index (κ3) is 4.58. The second-order valence-electron chi connectivity index (χ2n) is 3.27. The minimum atomic E-state index is -0.164. The Morgan fingerprint density at radius 2 is 2.27 bits per heavy atom. The molecule has 0 aromatic heterocycles. The summed E-state index contributed by atoms with van der Waals surface area (Å²) < 4.78 is 14.1. The van der Waals surface area contributed by atoms with Crippen LogP contribution in [0.3, 0.4) is 0 Å². The van der Waals surface area contributed by atoms with E-state index in [9.17, 15) is 4.39 Å². The fraction of sp³-hybridized carbons (Fsp3) is 0.333. The van der Waals surface area contributed by atoms with Gasteiger partial charge in [-0.2, -0.15) is 0 Å². The number of hydrogen-bond donors (Lipinski definition) is 1. The number of hydrogen-bond acceptors (Lipinski definition) is 1. The van der Waals surface area contributed by atoms with Crippen LogP contribution in [0.2, 0.25) is 0 Å². The van der Waals surface area contributed by atoms with Gasteiger partial charge in [0.1, 0.15) is 5.82 Å². The predicted molar refractivity (Wildman–Crippen MR) is 65.2 cm³/mol. The van der Waals surface area contributed by atoms with Gasteiger partial charge in [0.05, 0.1) is 0 Å². The zero-order chi connectivity index (χ0) is 11.1. The van der Waals surface area contributed by atoms with E-state index in [0.717, 1.165) is 17.4 Å². The Morgan fingerprint density at radius 1 is 1.47 bits per heavy atom. The first kappa shape index (κ1) is 12.4. The van der Waals surface area contributed by atoms with E-state index in [1.54, 1.807) is 6.07 Å². The third-order valence-electron chi connectivity index (χ3n) is 2.05. The maximum Gasteiger partial charge on any atom is 0.128 e. The molecule has 0 fully saturated rings. The molecular weight excluding hydrogens is 257 g/mol. The monoisotopic (exact) mass is 271 g/mol. The molecule has 0 aliphatic carbocycles. The van der Waals surface area contributed by atoms with Gasteiger partial charge < -0.3 is 5.32 Å². The molecule has 0 spiro atoms. The molecule has 15 heavy (non-hydrogen) atoms. The van der Waals surface area contributed by atoms with Crippen LogP contribution in [0.15, 0.2) is 34.8 Å². The van der Waals surface area contributed by atoms with Crippen LogP contribution in [-0.2, 0) is 6.54 Å². The van der Waals surface area contributed by atoms with Crippen LogP contribution in [-0.4, -0.2) is 6.54 Å². The van der Waals surface area contributed by atoms with Crippen LogP contribution in [0.5, 0.6) is 0 Å². The van der Waals surface area contributed by atoms with Gasteiger partial charge in [-0.15, -0.1) is 0 Å². The fourth-order valence-electron chi connectivity index (χ4n) is 1.24. The number of allylic oxidation sites excluding steroid dienone is 1. The van der Waals surface area contributed by atoms with E-state index in [0.29, 0.717) is 12.1 Å². The number of rotatable bonds is 5. The molecule has 1 rings (SSSR count). The molecule has 0 saturated heterocycles. The highest BCUT2D eigenvalue weighted by Gasteiger charge is 2.01. The summed E-state index contributed by atoms with van der Waals surface area (Å²) in [5.41, 5.74) is 0.707. The predicted octanol–water partition coefficient (Wildman–Crippen LogP) is 3.64. The van der Waals surface area contributed by atoms with Gasteiger partial charge in [0.2, 0.25) is 0 Å². The molecule has 1 N–H and O–H groups in total. The van der Waals surface area contributed by atoms with Gasteiger partial charge in [-0.3, -0.25) is 0 Å². The average molecular weight is 272 g/mol. The largest absolute Gasteiger partial charge is 0.312 e. The molecule has 0 heterocycles. The maximum absolute atomic E-state index is 13.3. The van der Waals surface area contributed by atoms with Gasteiger partial charge in [-0.05, 0) is 32.0 Å². The standard InChI is InChI=1S/C12H15BrFN/c1-2-3-4-7-15-9-10-5-6-11(13)8-12(10)14/h2-3,5-6,8,15H,4,7,9H2,1H3/b3-2+. The summed E-state index contributed by atoms with van der Waals surface area (Å²) in [4.78, 5) is 0. The Bertz CT molecular complexity index is 336. The summed E-state index contributed by atoms with van der Waals surface area (Å²) in [6.07, 6.45) is 5.08. The molecule has 0 amide bonds. The van der Waals surface area contributed by atoms with Crippen molar-refractivity contribution in [3.63, 3.8) is 0 Å². The molecule has 82 valence electrons. The van der Waals surface area contributed by atoms with Crippen molar-refractivity contribution in [2.45, 2.75) is 19.9 Å². The summed E-state index contributed by atoms with van der Waals surface area (Å²) in [6.45, 7) is 3.45. The topological polar surface area (TPSA) is 12.0 Å². The smallest absolute Gasteiger partial charge is 0.128 e. The highest BCUT2D eigenvalue weighted by molar-refractivity contribution is 9.10. The lowest BCUT2D eigenvalue weighted by Crippen LogP contribution is -2.14. The molecule has 1 nitrogen and oxygen atoms in total. The van der Waals surface area contributed by atoms with Crippen molar-refractivity contribution in [2.24, 2.45) is 0 Å². The van der Waals surface area contributed by atoms with Crippen molar-refractivity contribution in [3.05, 3.63) is 46.2 Å². The van der Waals surface area contributed by atoms with Crippen LogP contribution >= 0.6 is 15.9 Å². The van der Waals surface area contributed by atoms with Crippen molar-refractivity contribution in [2.75, 3.05) is 6.54 Å². The van der Waals surface area contributed by atoms with Gasteiger partial charge in [0.25, 0.3) is 0 Å². The van der Waals surface area contributed by atoms with Crippen LogP contribution < -0.4 is 5.32 Å². The zero-order valence-corrected chi connectivity index (χ0v) is 10.3. The van der Waals surface area contributed by atoms with Crippen molar-refractivity contribution in [1.82, 2.24) is 5.32 Å². The maximum atomic E-state index is 13.3. The van der Waals surface area contributed by atoms with Gasteiger partial charge >= 0.3 is 0 Å². The third-order valence-corrected chi connectivity index (χ3v) is 2.55. The minimum Gasteiger partial charge on any atom is -0.312 e. The van der Waals surface area contributed by atoms with E-state index in [1.165, 1.54) is 6.07 Å². The van der Waals surface area contributed by atoms with Gasteiger partial charge in [0.15, 0.2) is 0 Å². The van der Waals surface area contributed by atoms with Gasteiger partial charge in [-0.25, -0.2) is 4.39 Å². The summed E-state index contributed by atoms with van der Waals surface area (Å²) >= 11 is 3.23.